The number of piperidine rings is 1. The Bertz CT molecular complexity index is 541. The lowest BCUT2D eigenvalue weighted by Gasteiger charge is -2.32. The first-order chi connectivity index (χ1) is 10.6. The maximum Gasteiger partial charge on any atom is 0.228 e. The zero-order valence-corrected chi connectivity index (χ0v) is 13.0. The normalized spacial score (nSPS) is 20.3. The molecule has 2 amide bonds. The van der Waals surface area contributed by atoms with Gasteiger partial charge >= 0.3 is 0 Å². The molecule has 0 aromatic carbocycles. The minimum absolute atomic E-state index is 0.0266. The van der Waals surface area contributed by atoms with Crippen LogP contribution in [0, 0.1) is 18.8 Å². The molecule has 2 heterocycles. The Hall–Kier alpha value is -1.85. The molecule has 1 N–H and O–H groups in total. The van der Waals surface area contributed by atoms with E-state index < -0.39 is 0 Å². The van der Waals surface area contributed by atoms with Crippen LogP contribution in [0.4, 0.5) is 5.82 Å². The van der Waals surface area contributed by atoms with Crippen molar-refractivity contribution in [3.8, 4) is 0 Å². The molecule has 1 saturated carbocycles. The van der Waals surface area contributed by atoms with E-state index in [0.29, 0.717) is 30.6 Å². The maximum absolute atomic E-state index is 12.4. The Kier molecular flexibility index (Phi) is 4.45. The second-order valence-corrected chi connectivity index (χ2v) is 6.39. The summed E-state index contributed by atoms with van der Waals surface area (Å²) in [7, 11) is 0. The first kappa shape index (κ1) is 15.1. The number of carbonyl (C=O) groups excluding carboxylic acids is 2. The molecule has 22 heavy (non-hydrogen) atoms. The van der Waals surface area contributed by atoms with Gasteiger partial charge < -0.3 is 14.7 Å². The number of rotatable bonds is 3. The van der Waals surface area contributed by atoms with Gasteiger partial charge in [0.25, 0.3) is 0 Å². The van der Waals surface area contributed by atoms with Crippen molar-refractivity contribution in [2.24, 2.45) is 11.8 Å². The summed E-state index contributed by atoms with van der Waals surface area (Å²) in [5.41, 5.74) is 0. The molecule has 1 aliphatic heterocycles. The van der Waals surface area contributed by atoms with Gasteiger partial charge in [-0.05, 0) is 32.6 Å². The third-order valence-corrected chi connectivity index (χ3v) is 4.76. The zero-order chi connectivity index (χ0) is 15.5. The van der Waals surface area contributed by atoms with E-state index in [4.69, 9.17) is 4.52 Å². The van der Waals surface area contributed by atoms with Crippen molar-refractivity contribution in [2.75, 3.05) is 18.4 Å². The van der Waals surface area contributed by atoms with Crippen LogP contribution in [0.5, 0.6) is 0 Å². The molecular formula is C16H23N3O3. The summed E-state index contributed by atoms with van der Waals surface area (Å²) in [6, 6.07) is 1.71. The number of aryl methyl sites for hydroxylation is 1. The lowest BCUT2D eigenvalue weighted by molar-refractivity contribution is -0.138. The molecule has 0 spiro atoms. The molecule has 1 aromatic heterocycles. The van der Waals surface area contributed by atoms with Crippen LogP contribution < -0.4 is 5.32 Å². The van der Waals surface area contributed by atoms with E-state index >= 15 is 0 Å². The Morgan fingerprint density at radius 2 is 1.86 bits per heavy atom. The van der Waals surface area contributed by atoms with Gasteiger partial charge in [-0.25, -0.2) is 0 Å². The van der Waals surface area contributed by atoms with Crippen LogP contribution in [-0.4, -0.2) is 35.0 Å². The maximum atomic E-state index is 12.4. The standard InChI is InChI=1S/C16H23N3O3/c1-11-10-14(18-22-11)17-15(20)12-6-8-19(9-7-12)16(21)13-4-2-3-5-13/h10,12-13H,2-9H2,1H3,(H,17,18,20). The summed E-state index contributed by atoms with van der Waals surface area (Å²) in [5.74, 6) is 1.58. The number of aromatic nitrogens is 1. The van der Waals surface area contributed by atoms with Gasteiger partial charge in [-0.3, -0.25) is 9.59 Å². The molecular weight excluding hydrogens is 282 g/mol. The average molecular weight is 305 g/mol. The fourth-order valence-corrected chi connectivity index (χ4v) is 3.45. The topological polar surface area (TPSA) is 75.4 Å². The largest absolute Gasteiger partial charge is 0.360 e. The molecule has 3 rings (SSSR count). The molecule has 1 aromatic rings. The molecule has 0 bridgehead atoms. The fourth-order valence-electron chi connectivity index (χ4n) is 3.45. The molecule has 2 aliphatic rings. The highest BCUT2D eigenvalue weighted by Crippen LogP contribution is 2.28. The van der Waals surface area contributed by atoms with Crippen molar-refractivity contribution in [3.05, 3.63) is 11.8 Å². The summed E-state index contributed by atoms with van der Waals surface area (Å²) in [5, 5.41) is 6.56. The number of nitrogens with one attached hydrogen (secondary N) is 1. The number of nitrogens with zero attached hydrogens (tertiary/aromatic N) is 2. The molecule has 2 fully saturated rings. The second-order valence-electron chi connectivity index (χ2n) is 6.39. The van der Waals surface area contributed by atoms with Gasteiger partial charge in [-0.15, -0.1) is 0 Å². The SMILES string of the molecule is Cc1cc(NC(=O)C2CCN(C(=O)C3CCCC3)CC2)no1. The molecule has 1 saturated heterocycles. The minimum atomic E-state index is -0.0513. The van der Waals surface area contributed by atoms with Crippen molar-refractivity contribution in [1.82, 2.24) is 10.1 Å². The first-order valence-corrected chi connectivity index (χ1v) is 8.16. The van der Waals surface area contributed by atoms with E-state index in [1.165, 1.54) is 12.8 Å². The quantitative estimate of drug-likeness (QED) is 0.930. The van der Waals surface area contributed by atoms with Crippen molar-refractivity contribution in [1.29, 1.82) is 0 Å². The summed E-state index contributed by atoms with van der Waals surface area (Å²) < 4.78 is 4.94. The number of anilines is 1. The summed E-state index contributed by atoms with van der Waals surface area (Å²) in [6.07, 6.45) is 5.86. The van der Waals surface area contributed by atoms with E-state index in [0.717, 1.165) is 25.7 Å². The Morgan fingerprint density at radius 1 is 1.18 bits per heavy atom. The average Bonchev–Trinajstić information content (AvgIpc) is 3.18. The Balaban J connectivity index is 1.48. The highest BCUT2D eigenvalue weighted by atomic mass is 16.5. The number of carbonyl (C=O) groups is 2. The third kappa shape index (κ3) is 3.31. The minimum Gasteiger partial charge on any atom is -0.360 e. The van der Waals surface area contributed by atoms with Gasteiger partial charge in [0.2, 0.25) is 11.8 Å². The van der Waals surface area contributed by atoms with Crippen molar-refractivity contribution >= 4 is 17.6 Å². The molecule has 6 nitrogen and oxygen atoms in total. The van der Waals surface area contributed by atoms with Crippen molar-refractivity contribution < 1.29 is 14.1 Å². The Morgan fingerprint density at radius 3 is 2.45 bits per heavy atom. The fraction of sp³-hybridized carbons (Fsp3) is 0.688. The van der Waals surface area contributed by atoms with Crippen LogP contribution in [-0.2, 0) is 9.59 Å². The Labute approximate surface area is 130 Å². The van der Waals surface area contributed by atoms with Gasteiger partial charge in [0.05, 0.1) is 0 Å². The summed E-state index contributed by atoms with van der Waals surface area (Å²) >= 11 is 0. The van der Waals surface area contributed by atoms with E-state index in [-0.39, 0.29) is 17.7 Å². The predicted octanol–water partition coefficient (Wildman–Crippen LogP) is 2.35. The van der Waals surface area contributed by atoms with Crippen LogP contribution >= 0.6 is 0 Å². The van der Waals surface area contributed by atoms with Crippen molar-refractivity contribution in [2.45, 2.75) is 45.4 Å². The molecule has 0 unspecified atom stereocenters. The van der Waals surface area contributed by atoms with Gasteiger partial charge in [-0.2, -0.15) is 0 Å². The molecule has 120 valence electrons. The number of amides is 2. The highest BCUT2D eigenvalue weighted by molar-refractivity contribution is 5.91. The monoisotopic (exact) mass is 305 g/mol. The van der Waals surface area contributed by atoms with E-state index in [1.807, 2.05) is 4.90 Å². The van der Waals surface area contributed by atoms with E-state index in [9.17, 15) is 9.59 Å². The molecule has 0 atom stereocenters. The van der Waals surface area contributed by atoms with Crippen molar-refractivity contribution in [3.63, 3.8) is 0 Å². The van der Waals surface area contributed by atoms with Gasteiger partial charge in [-0.1, -0.05) is 18.0 Å². The number of hydrogen-bond donors (Lipinski definition) is 1. The lowest BCUT2D eigenvalue weighted by Crippen LogP contribution is -2.43. The number of hydrogen-bond acceptors (Lipinski definition) is 4. The van der Waals surface area contributed by atoms with Crippen LogP contribution in [0.25, 0.3) is 0 Å². The van der Waals surface area contributed by atoms with E-state index in [2.05, 4.69) is 10.5 Å². The highest BCUT2D eigenvalue weighted by Gasteiger charge is 2.32. The van der Waals surface area contributed by atoms with Crippen LogP contribution in [0.3, 0.4) is 0 Å². The van der Waals surface area contributed by atoms with Crippen LogP contribution in [0.15, 0.2) is 10.6 Å². The van der Waals surface area contributed by atoms with E-state index in [1.54, 1.807) is 13.0 Å². The lowest BCUT2D eigenvalue weighted by atomic mass is 9.94. The summed E-state index contributed by atoms with van der Waals surface area (Å²) in [4.78, 5) is 26.5. The van der Waals surface area contributed by atoms with Crippen LogP contribution in [0.1, 0.15) is 44.3 Å². The number of likely N-dealkylation sites (tertiary alicyclic amines) is 1. The second kappa shape index (κ2) is 6.50. The van der Waals surface area contributed by atoms with Gasteiger partial charge in [0.15, 0.2) is 5.82 Å². The summed E-state index contributed by atoms with van der Waals surface area (Å²) in [6.45, 7) is 3.16. The third-order valence-electron chi connectivity index (χ3n) is 4.76. The molecule has 6 heteroatoms. The van der Waals surface area contributed by atoms with Crippen LogP contribution in [0.2, 0.25) is 0 Å². The predicted molar refractivity (Wildman–Crippen MR) is 81.1 cm³/mol. The molecule has 0 radical (unpaired) electrons. The smallest absolute Gasteiger partial charge is 0.228 e. The van der Waals surface area contributed by atoms with Gasteiger partial charge in [0.1, 0.15) is 5.76 Å². The first-order valence-electron chi connectivity index (χ1n) is 8.16. The van der Waals surface area contributed by atoms with Gasteiger partial charge in [0, 0.05) is 31.0 Å². The molecule has 1 aliphatic carbocycles. The zero-order valence-electron chi connectivity index (χ0n) is 13.0.